The van der Waals surface area contributed by atoms with Crippen molar-refractivity contribution in [1.82, 2.24) is 19.4 Å². The number of fused-ring (bicyclic) bond motifs is 1. The number of hydrogen-bond acceptors (Lipinski definition) is 9. The van der Waals surface area contributed by atoms with Gasteiger partial charge in [0.2, 0.25) is 6.29 Å². The molecule has 4 rings (SSSR count). The lowest BCUT2D eigenvalue weighted by molar-refractivity contribution is -0.203. The summed E-state index contributed by atoms with van der Waals surface area (Å²) < 4.78 is 41.3. The SMILES string of the molecule is Cn1c2c(c(=O)n(C)c1=O)N(c1ccccc1C=O)C(N1CCNCC1)N2OC(=O)C(F)(F)F. The topological polar surface area (TPSA) is 109 Å². The Morgan fingerprint density at radius 3 is 2.38 bits per heavy atom. The van der Waals surface area contributed by atoms with Gasteiger partial charge in [0.05, 0.1) is 5.69 Å². The van der Waals surface area contributed by atoms with E-state index in [0.29, 0.717) is 37.5 Å². The van der Waals surface area contributed by atoms with E-state index in [-0.39, 0.29) is 22.8 Å². The van der Waals surface area contributed by atoms with E-state index in [1.807, 2.05) is 0 Å². The summed E-state index contributed by atoms with van der Waals surface area (Å²) in [6.07, 6.45) is -6.06. The van der Waals surface area contributed by atoms with Gasteiger partial charge < -0.3 is 10.2 Å². The number of alkyl halides is 3. The Morgan fingerprint density at radius 1 is 1.12 bits per heavy atom. The van der Waals surface area contributed by atoms with Crippen molar-refractivity contribution in [2.75, 3.05) is 36.1 Å². The van der Waals surface area contributed by atoms with Crippen LogP contribution in [0.15, 0.2) is 33.9 Å². The number of piperazine rings is 1. The Kier molecular flexibility index (Phi) is 5.95. The van der Waals surface area contributed by atoms with E-state index < -0.39 is 29.7 Å². The maximum atomic E-state index is 13.3. The summed E-state index contributed by atoms with van der Waals surface area (Å²) in [5.41, 5.74) is -1.53. The summed E-state index contributed by atoms with van der Waals surface area (Å²) in [6.45, 7) is 1.56. The van der Waals surface area contributed by atoms with Crippen LogP contribution in [0.5, 0.6) is 0 Å². The minimum absolute atomic E-state index is 0.147. The second kappa shape index (κ2) is 8.61. The second-order valence-corrected chi connectivity index (χ2v) is 7.76. The highest BCUT2D eigenvalue weighted by Crippen LogP contribution is 2.43. The van der Waals surface area contributed by atoms with E-state index in [0.717, 1.165) is 9.13 Å². The number of halogens is 3. The standard InChI is InChI=1S/C20H21F3N6O5/c1-25-15-14(16(31)26(2)19(25)33)28(13-6-4-3-5-12(13)11-30)18(27-9-7-24-8-10-27)29(15)34-17(32)20(21,22)23/h3-6,11,18,24H,7-10H2,1-2H3. The van der Waals surface area contributed by atoms with Gasteiger partial charge in [0, 0.05) is 45.8 Å². The molecule has 1 atom stereocenters. The van der Waals surface area contributed by atoms with Crippen molar-refractivity contribution >= 4 is 29.4 Å². The lowest BCUT2D eigenvalue weighted by Crippen LogP contribution is -2.60. The number of aromatic nitrogens is 2. The average molecular weight is 482 g/mol. The Morgan fingerprint density at radius 2 is 1.76 bits per heavy atom. The number of rotatable bonds is 4. The molecule has 0 radical (unpaired) electrons. The summed E-state index contributed by atoms with van der Waals surface area (Å²) in [5.74, 6) is -2.85. The van der Waals surface area contributed by atoms with E-state index in [1.54, 1.807) is 17.0 Å². The molecule has 11 nitrogen and oxygen atoms in total. The lowest BCUT2D eigenvalue weighted by atomic mass is 10.1. The summed E-state index contributed by atoms with van der Waals surface area (Å²) >= 11 is 0. The molecule has 1 aromatic heterocycles. The van der Waals surface area contributed by atoms with Crippen LogP contribution in [-0.2, 0) is 23.7 Å². The monoisotopic (exact) mass is 482 g/mol. The number of carbonyl (C=O) groups excluding carboxylic acids is 2. The molecule has 0 spiro atoms. The van der Waals surface area contributed by atoms with Crippen molar-refractivity contribution in [3.63, 3.8) is 0 Å². The Hall–Kier alpha value is -3.65. The smallest absolute Gasteiger partial charge is 0.327 e. The largest absolute Gasteiger partial charge is 0.493 e. The van der Waals surface area contributed by atoms with Gasteiger partial charge in [-0.3, -0.25) is 28.5 Å². The molecule has 0 aliphatic carbocycles. The third-order valence-corrected chi connectivity index (χ3v) is 5.72. The molecular formula is C20H21F3N6O5. The van der Waals surface area contributed by atoms with Crippen molar-refractivity contribution in [1.29, 1.82) is 0 Å². The Labute approximate surface area is 190 Å². The highest BCUT2D eigenvalue weighted by atomic mass is 19.4. The fraction of sp³-hybridized carbons (Fsp3) is 0.400. The van der Waals surface area contributed by atoms with Crippen molar-refractivity contribution in [3.8, 4) is 0 Å². The fourth-order valence-electron chi connectivity index (χ4n) is 4.12. The first-order valence-electron chi connectivity index (χ1n) is 10.2. The molecule has 2 aromatic rings. The maximum Gasteiger partial charge on any atom is 0.493 e. The maximum absolute atomic E-state index is 13.3. The van der Waals surface area contributed by atoms with E-state index in [2.05, 4.69) is 5.32 Å². The normalized spacial score (nSPS) is 18.7. The van der Waals surface area contributed by atoms with Crippen molar-refractivity contribution < 1.29 is 27.6 Å². The van der Waals surface area contributed by atoms with Crippen LogP contribution < -0.4 is 26.5 Å². The third-order valence-electron chi connectivity index (χ3n) is 5.72. The molecule has 0 saturated carbocycles. The van der Waals surface area contributed by atoms with Gasteiger partial charge in [-0.2, -0.15) is 13.2 Å². The first kappa shape index (κ1) is 23.5. The van der Waals surface area contributed by atoms with Gasteiger partial charge >= 0.3 is 17.8 Å². The highest BCUT2D eigenvalue weighted by molar-refractivity contribution is 5.91. The number of nitrogens with one attached hydrogen (secondary N) is 1. The van der Waals surface area contributed by atoms with E-state index in [9.17, 15) is 32.3 Å². The minimum Gasteiger partial charge on any atom is -0.327 e. The number of hydrogen-bond donors (Lipinski definition) is 1. The Bertz CT molecular complexity index is 1250. The molecule has 34 heavy (non-hydrogen) atoms. The van der Waals surface area contributed by atoms with Crippen LogP contribution in [0.3, 0.4) is 0 Å². The number of anilines is 3. The zero-order valence-electron chi connectivity index (χ0n) is 18.2. The number of hydroxylamine groups is 1. The number of benzene rings is 1. The van der Waals surface area contributed by atoms with Crippen molar-refractivity contribution in [2.24, 2.45) is 14.1 Å². The molecular weight excluding hydrogens is 461 g/mol. The number of carbonyl (C=O) groups is 2. The van der Waals surface area contributed by atoms with E-state index >= 15 is 0 Å². The zero-order valence-corrected chi connectivity index (χ0v) is 18.2. The summed E-state index contributed by atoms with van der Waals surface area (Å²) in [4.78, 5) is 57.5. The lowest BCUT2D eigenvalue weighted by Gasteiger charge is -2.41. The molecule has 14 heteroatoms. The van der Waals surface area contributed by atoms with Crippen LogP contribution >= 0.6 is 0 Å². The minimum atomic E-state index is -5.33. The molecule has 1 unspecified atom stereocenters. The fourth-order valence-corrected chi connectivity index (χ4v) is 4.12. The molecule has 0 amide bonds. The number of para-hydroxylation sites is 1. The van der Waals surface area contributed by atoms with Crippen LogP contribution in [0.2, 0.25) is 0 Å². The summed E-state index contributed by atoms with van der Waals surface area (Å²) in [6, 6.07) is 6.17. The average Bonchev–Trinajstić information content (AvgIpc) is 3.15. The van der Waals surface area contributed by atoms with Crippen LogP contribution in [0, 0.1) is 0 Å². The predicted octanol–water partition coefficient (Wildman–Crippen LogP) is 0.0639. The molecule has 1 saturated heterocycles. The number of nitrogens with zero attached hydrogens (tertiary/aromatic N) is 5. The molecule has 3 heterocycles. The second-order valence-electron chi connectivity index (χ2n) is 7.76. The van der Waals surface area contributed by atoms with Gasteiger partial charge in [0.15, 0.2) is 17.8 Å². The molecule has 1 N–H and O–H groups in total. The first-order chi connectivity index (χ1) is 16.1. The molecule has 2 aliphatic rings. The van der Waals surface area contributed by atoms with Gasteiger partial charge in [0.1, 0.15) is 0 Å². The number of aldehydes is 1. The van der Waals surface area contributed by atoms with Crippen molar-refractivity contribution in [2.45, 2.75) is 12.5 Å². The Balaban J connectivity index is 2.03. The van der Waals surface area contributed by atoms with Gasteiger partial charge in [0.25, 0.3) is 5.56 Å². The van der Waals surface area contributed by atoms with Crippen LogP contribution in [0.4, 0.5) is 30.4 Å². The van der Waals surface area contributed by atoms with Crippen molar-refractivity contribution in [3.05, 3.63) is 50.7 Å². The molecule has 1 aromatic carbocycles. The van der Waals surface area contributed by atoms with Gasteiger partial charge in [-0.15, -0.1) is 5.06 Å². The molecule has 182 valence electrons. The van der Waals surface area contributed by atoms with Crippen LogP contribution in [0.1, 0.15) is 10.4 Å². The molecule has 2 aliphatic heterocycles. The van der Waals surface area contributed by atoms with Gasteiger partial charge in [-0.25, -0.2) is 9.59 Å². The third kappa shape index (κ3) is 3.74. The van der Waals surface area contributed by atoms with E-state index in [4.69, 9.17) is 4.84 Å². The highest BCUT2D eigenvalue weighted by Gasteiger charge is 2.51. The van der Waals surface area contributed by atoms with Crippen LogP contribution in [-0.4, -0.2) is 64.9 Å². The van der Waals surface area contributed by atoms with Gasteiger partial charge in [-0.05, 0) is 12.1 Å². The summed E-state index contributed by atoms with van der Waals surface area (Å²) in [5, 5.41) is 3.74. The predicted molar refractivity (Wildman–Crippen MR) is 114 cm³/mol. The van der Waals surface area contributed by atoms with Gasteiger partial charge in [-0.1, -0.05) is 12.1 Å². The first-order valence-corrected chi connectivity index (χ1v) is 10.2. The summed E-state index contributed by atoms with van der Waals surface area (Å²) in [7, 11) is 2.47. The van der Waals surface area contributed by atoms with E-state index in [1.165, 1.54) is 31.1 Å². The zero-order chi connectivity index (χ0) is 24.8. The molecule has 0 bridgehead atoms. The quantitative estimate of drug-likeness (QED) is 0.606. The van der Waals surface area contributed by atoms with Crippen LogP contribution in [0.25, 0.3) is 0 Å². The molecule has 1 fully saturated rings.